The maximum absolute atomic E-state index is 11.0. The molecule has 2 rings (SSSR count). The molecule has 0 aromatic carbocycles. The summed E-state index contributed by atoms with van der Waals surface area (Å²) in [5.74, 6) is 0.513. The number of hydrogen-bond acceptors (Lipinski definition) is 2. The molecule has 1 saturated carbocycles. The third kappa shape index (κ3) is 2.40. The van der Waals surface area contributed by atoms with Crippen LogP contribution in [0.2, 0.25) is 0 Å². The molecule has 2 aliphatic rings. The van der Waals surface area contributed by atoms with Gasteiger partial charge in [0.25, 0.3) is 0 Å². The Morgan fingerprint density at radius 1 is 1.33 bits per heavy atom. The fraction of sp³-hybridized carbons (Fsp3) is 0.750. The molecule has 3 nitrogen and oxygen atoms in total. The molecule has 0 aromatic rings. The zero-order valence-corrected chi connectivity index (χ0v) is 9.06. The molecule has 15 heavy (non-hydrogen) atoms. The van der Waals surface area contributed by atoms with Crippen molar-refractivity contribution >= 4 is 5.97 Å². The van der Waals surface area contributed by atoms with E-state index < -0.39 is 5.97 Å². The molecule has 0 aromatic heterocycles. The molecule has 2 unspecified atom stereocenters. The van der Waals surface area contributed by atoms with E-state index in [9.17, 15) is 4.79 Å². The molecule has 1 aliphatic heterocycles. The molecule has 3 heteroatoms. The molecule has 1 N–H and O–H groups in total. The standard InChI is InChI=1S/C12H19NO2/c1-2-3-13-7-9-4-10(8-13)6-11(5-9)12(14)15/h2,9-11H,1,3-8H2,(H,14,15). The number of hydrogen-bond donors (Lipinski definition) is 1. The number of carbonyl (C=O) groups is 1. The van der Waals surface area contributed by atoms with Crippen molar-refractivity contribution in [1.29, 1.82) is 0 Å². The lowest BCUT2D eigenvalue weighted by Crippen LogP contribution is -2.45. The summed E-state index contributed by atoms with van der Waals surface area (Å²) in [7, 11) is 0. The molecule has 1 saturated heterocycles. The van der Waals surface area contributed by atoms with Crippen LogP contribution in [0.4, 0.5) is 0 Å². The van der Waals surface area contributed by atoms with Crippen molar-refractivity contribution in [2.75, 3.05) is 19.6 Å². The molecular weight excluding hydrogens is 190 g/mol. The van der Waals surface area contributed by atoms with Crippen molar-refractivity contribution in [3.63, 3.8) is 0 Å². The van der Waals surface area contributed by atoms with Gasteiger partial charge in [0.05, 0.1) is 5.92 Å². The first kappa shape index (κ1) is 10.7. The van der Waals surface area contributed by atoms with Gasteiger partial charge in [0.2, 0.25) is 0 Å². The molecule has 0 spiro atoms. The first-order valence-electron chi connectivity index (χ1n) is 5.75. The van der Waals surface area contributed by atoms with Crippen molar-refractivity contribution < 1.29 is 9.90 Å². The molecule has 84 valence electrons. The average molecular weight is 209 g/mol. The highest BCUT2D eigenvalue weighted by molar-refractivity contribution is 5.70. The van der Waals surface area contributed by atoms with E-state index in [-0.39, 0.29) is 5.92 Å². The van der Waals surface area contributed by atoms with Crippen LogP contribution in [0.25, 0.3) is 0 Å². The highest BCUT2D eigenvalue weighted by atomic mass is 16.4. The van der Waals surface area contributed by atoms with Crippen molar-refractivity contribution in [3.05, 3.63) is 12.7 Å². The van der Waals surface area contributed by atoms with Crippen LogP contribution >= 0.6 is 0 Å². The SMILES string of the molecule is C=CCN1CC2CC(CC(C(=O)O)C2)C1. The molecule has 1 aliphatic carbocycles. The molecular formula is C12H19NO2. The fourth-order valence-electron chi connectivity index (χ4n) is 3.20. The van der Waals surface area contributed by atoms with Gasteiger partial charge in [0.15, 0.2) is 0 Å². The smallest absolute Gasteiger partial charge is 0.306 e. The van der Waals surface area contributed by atoms with E-state index in [0.29, 0.717) is 11.8 Å². The van der Waals surface area contributed by atoms with Crippen LogP contribution in [0.1, 0.15) is 19.3 Å². The summed E-state index contributed by atoms with van der Waals surface area (Å²) in [4.78, 5) is 13.4. The third-order valence-electron chi connectivity index (χ3n) is 3.67. The van der Waals surface area contributed by atoms with E-state index in [0.717, 1.165) is 32.5 Å². The largest absolute Gasteiger partial charge is 0.481 e. The van der Waals surface area contributed by atoms with Crippen molar-refractivity contribution in [1.82, 2.24) is 4.90 Å². The lowest BCUT2D eigenvalue weighted by Gasteiger charge is -2.43. The second kappa shape index (κ2) is 4.35. The van der Waals surface area contributed by atoms with E-state index in [1.165, 1.54) is 6.42 Å². The molecule has 2 fully saturated rings. The van der Waals surface area contributed by atoms with Crippen LogP contribution in [0.15, 0.2) is 12.7 Å². The Balaban J connectivity index is 1.96. The van der Waals surface area contributed by atoms with Crippen LogP contribution in [-0.4, -0.2) is 35.6 Å². The Morgan fingerprint density at radius 2 is 1.93 bits per heavy atom. The van der Waals surface area contributed by atoms with Gasteiger partial charge < -0.3 is 5.11 Å². The zero-order chi connectivity index (χ0) is 10.8. The lowest BCUT2D eigenvalue weighted by atomic mass is 9.72. The third-order valence-corrected chi connectivity index (χ3v) is 3.67. The van der Waals surface area contributed by atoms with Crippen molar-refractivity contribution in [3.8, 4) is 0 Å². The quantitative estimate of drug-likeness (QED) is 0.718. The summed E-state index contributed by atoms with van der Waals surface area (Å²) in [6.07, 6.45) is 4.92. The molecule has 2 bridgehead atoms. The van der Waals surface area contributed by atoms with Gasteiger partial charge in [-0.1, -0.05) is 6.08 Å². The Morgan fingerprint density at radius 3 is 2.40 bits per heavy atom. The van der Waals surface area contributed by atoms with Gasteiger partial charge in [-0.3, -0.25) is 9.69 Å². The van der Waals surface area contributed by atoms with Gasteiger partial charge in [-0.2, -0.15) is 0 Å². The van der Waals surface area contributed by atoms with Gasteiger partial charge in [0.1, 0.15) is 0 Å². The zero-order valence-electron chi connectivity index (χ0n) is 9.06. The summed E-state index contributed by atoms with van der Waals surface area (Å²) in [5.41, 5.74) is 0. The molecule has 0 radical (unpaired) electrons. The summed E-state index contributed by atoms with van der Waals surface area (Å²) in [5, 5.41) is 9.03. The highest BCUT2D eigenvalue weighted by Crippen LogP contribution is 2.37. The number of nitrogens with zero attached hydrogens (tertiary/aromatic N) is 1. The Kier molecular flexibility index (Phi) is 3.10. The molecule has 0 amide bonds. The number of carboxylic acids is 1. The van der Waals surface area contributed by atoms with Crippen LogP contribution in [0.3, 0.4) is 0 Å². The maximum atomic E-state index is 11.0. The van der Waals surface area contributed by atoms with Crippen molar-refractivity contribution in [2.45, 2.75) is 19.3 Å². The van der Waals surface area contributed by atoms with Crippen LogP contribution in [0, 0.1) is 17.8 Å². The minimum Gasteiger partial charge on any atom is -0.481 e. The number of fused-ring (bicyclic) bond motifs is 2. The number of aliphatic carboxylic acids is 1. The van der Waals surface area contributed by atoms with Gasteiger partial charge in [-0.25, -0.2) is 0 Å². The first-order valence-corrected chi connectivity index (χ1v) is 5.75. The van der Waals surface area contributed by atoms with Crippen molar-refractivity contribution in [2.24, 2.45) is 17.8 Å². The normalized spacial score (nSPS) is 36.1. The Bertz CT molecular complexity index is 250. The summed E-state index contributed by atoms with van der Waals surface area (Å²) in [6.45, 7) is 6.83. The van der Waals surface area contributed by atoms with E-state index in [4.69, 9.17) is 5.11 Å². The number of piperidine rings is 1. The van der Waals surface area contributed by atoms with E-state index in [1.807, 2.05) is 6.08 Å². The second-order valence-electron chi connectivity index (χ2n) is 4.98. The molecule has 2 atom stereocenters. The van der Waals surface area contributed by atoms with Gasteiger partial charge >= 0.3 is 5.97 Å². The minimum absolute atomic E-state index is 0.0837. The van der Waals surface area contributed by atoms with Gasteiger partial charge in [0, 0.05) is 19.6 Å². The fourth-order valence-corrected chi connectivity index (χ4v) is 3.20. The van der Waals surface area contributed by atoms with Crippen LogP contribution in [0.5, 0.6) is 0 Å². The topological polar surface area (TPSA) is 40.5 Å². The van der Waals surface area contributed by atoms with Gasteiger partial charge in [-0.05, 0) is 31.1 Å². The van der Waals surface area contributed by atoms with E-state index in [2.05, 4.69) is 11.5 Å². The predicted molar refractivity (Wildman–Crippen MR) is 58.6 cm³/mol. The minimum atomic E-state index is -0.595. The number of rotatable bonds is 3. The summed E-state index contributed by atoms with van der Waals surface area (Å²) >= 11 is 0. The monoisotopic (exact) mass is 209 g/mol. The summed E-state index contributed by atoms with van der Waals surface area (Å²) in [6, 6.07) is 0. The summed E-state index contributed by atoms with van der Waals surface area (Å²) < 4.78 is 0. The Hall–Kier alpha value is -0.830. The predicted octanol–water partition coefficient (Wildman–Crippen LogP) is 1.61. The van der Waals surface area contributed by atoms with Crippen LogP contribution < -0.4 is 0 Å². The number of likely N-dealkylation sites (tertiary alicyclic amines) is 1. The number of carboxylic acid groups (broad SMARTS) is 1. The maximum Gasteiger partial charge on any atom is 0.306 e. The highest BCUT2D eigenvalue weighted by Gasteiger charge is 2.37. The Labute approximate surface area is 90.8 Å². The first-order chi connectivity index (χ1) is 7.19. The van der Waals surface area contributed by atoms with E-state index >= 15 is 0 Å². The van der Waals surface area contributed by atoms with Crippen LogP contribution in [-0.2, 0) is 4.79 Å². The average Bonchev–Trinajstić information content (AvgIpc) is 2.16. The molecule has 1 heterocycles. The van der Waals surface area contributed by atoms with E-state index in [1.54, 1.807) is 0 Å². The second-order valence-corrected chi connectivity index (χ2v) is 4.98. The van der Waals surface area contributed by atoms with Gasteiger partial charge in [-0.15, -0.1) is 6.58 Å². The lowest BCUT2D eigenvalue weighted by molar-refractivity contribution is -0.145.